The predicted octanol–water partition coefficient (Wildman–Crippen LogP) is 1.96. The SMILES string of the molecule is Cc1ccc(CN2CC(C(=O)N[C@H](CC(C)C)C(=O)O)CC2=O)cc1. The van der Waals surface area contributed by atoms with Crippen molar-refractivity contribution in [2.45, 2.75) is 46.2 Å². The number of hydrogen-bond acceptors (Lipinski definition) is 3. The van der Waals surface area contributed by atoms with Gasteiger partial charge >= 0.3 is 5.97 Å². The number of benzene rings is 1. The maximum atomic E-state index is 12.4. The summed E-state index contributed by atoms with van der Waals surface area (Å²) < 4.78 is 0. The van der Waals surface area contributed by atoms with Crippen molar-refractivity contribution in [3.05, 3.63) is 35.4 Å². The number of carbonyl (C=O) groups excluding carboxylic acids is 2. The lowest BCUT2D eigenvalue weighted by Gasteiger charge is -2.19. The quantitative estimate of drug-likeness (QED) is 0.790. The number of hydrogen-bond donors (Lipinski definition) is 2. The van der Waals surface area contributed by atoms with Gasteiger partial charge in [0.15, 0.2) is 0 Å². The number of nitrogens with zero attached hydrogens (tertiary/aromatic N) is 1. The molecule has 2 rings (SSSR count). The molecule has 2 amide bonds. The first-order valence-electron chi connectivity index (χ1n) is 8.62. The van der Waals surface area contributed by atoms with Crippen molar-refractivity contribution in [1.82, 2.24) is 10.2 Å². The molecule has 0 saturated carbocycles. The van der Waals surface area contributed by atoms with Crippen molar-refractivity contribution < 1.29 is 19.5 Å². The van der Waals surface area contributed by atoms with Crippen molar-refractivity contribution in [1.29, 1.82) is 0 Å². The normalized spacial score (nSPS) is 18.5. The Labute approximate surface area is 148 Å². The maximum Gasteiger partial charge on any atom is 0.326 e. The van der Waals surface area contributed by atoms with Crippen LogP contribution >= 0.6 is 0 Å². The summed E-state index contributed by atoms with van der Waals surface area (Å²) >= 11 is 0. The molecule has 1 aromatic rings. The van der Waals surface area contributed by atoms with Crippen LogP contribution in [0.4, 0.5) is 0 Å². The van der Waals surface area contributed by atoms with Crippen molar-refractivity contribution >= 4 is 17.8 Å². The van der Waals surface area contributed by atoms with E-state index in [0.29, 0.717) is 19.5 Å². The van der Waals surface area contributed by atoms with E-state index in [4.69, 9.17) is 0 Å². The molecule has 1 aliphatic rings. The van der Waals surface area contributed by atoms with Gasteiger partial charge in [-0.1, -0.05) is 43.7 Å². The number of rotatable bonds is 7. The highest BCUT2D eigenvalue weighted by atomic mass is 16.4. The Kier molecular flexibility index (Phi) is 6.17. The highest BCUT2D eigenvalue weighted by Crippen LogP contribution is 2.21. The minimum atomic E-state index is -1.04. The Morgan fingerprint density at radius 1 is 1.28 bits per heavy atom. The van der Waals surface area contributed by atoms with E-state index < -0.39 is 17.9 Å². The average molecular weight is 346 g/mol. The smallest absolute Gasteiger partial charge is 0.326 e. The number of amides is 2. The van der Waals surface area contributed by atoms with Gasteiger partial charge in [-0.3, -0.25) is 9.59 Å². The Bertz CT molecular complexity index is 639. The van der Waals surface area contributed by atoms with Crippen molar-refractivity contribution in [3.63, 3.8) is 0 Å². The fourth-order valence-corrected chi connectivity index (χ4v) is 3.00. The zero-order valence-corrected chi connectivity index (χ0v) is 15.0. The van der Waals surface area contributed by atoms with Crippen LogP contribution in [-0.2, 0) is 20.9 Å². The molecule has 0 aliphatic carbocycles. The summed E-state index contributed by atoms with van der Waals surface area (Å²) in [5.74, 6) is -1.80. The predicted molar refractivity (Wildman–Crippen MR) is 93.7 cm³/mol. The van der Waals surface area contributed by atoms with Crippen molar-refractivity contribution in [2.75, 3.05) is 6.54 Å². The van der Waals surface area contributed by atoms with Gasteiger partial charge in [-0.25, -0.2) is 4.79 Å². The number of aryl methyl sites for hydroxylation is 1. The number of carboxylic acids is 1. The molecular formula is C19H26N2O4. The highest BCUT2D eigenvalue weighted by Gasteiger charge is 2.35. The van der Waals surface area contributed by atoms with Gasteiger partial charge in [-0.2, -0.15) is 0 Å². The summed E-state index contributed by atoms with van der Waals surface area (Å²) in [6.07, 6.45) is 0.501. The van der Waals surface area contributed by atoms with E-state index in [1.807, 2.05) is 45.0 Å². The van der Waals surface area contributed by atoms with E-state index in [-0.39, 0.29) is 24.2 Å². The van der Waals surface area contributed by atoms with Crippen LogP contribution in [0.15, 0.2) is 24.3 Å². The van der Waals surface area contributed by atoms with Crippen LogP contribution in [0.3, 0.4) is 0 Å². The first-order chi connectivity index (χ1) is 11.8. The van der Waals surface area contributed by atoms with Gasteiger partial charge in [0.05, 0.1) is 5.92 Å². The lowest BCUT2D eigenvalue weighted by molar-refractivity contribution is -0.142. The van der Waals surface area contributed by atoms with Gasteiger partial charge in [0.25, 0.3) is 0 Å². The van der Waals surface area contributed by atoms with Gasteiger partial charge in [0, 0.05) is 19.5 Å². The summed E-state index contributed by atoms with van der Waals surface area (Å²) in [5, 5.41) is 11.8. The molecule has 25 heavy (non-hydrogen) atoms. The molecule has 0 radical (unpaired) electrons. The lowest BCUT2D eigenvalue weighted by atomic mass is 10.0. The van der Waals surface area contributed by atoms with Crippen molar-refractivity contribution in [2.24, 2.45) is 11.8 Å². The van der Waals surface area contributed by atoms with Gasteiger partial charge in [-0.05, 0) is 24.8 Å². The summed E-state index contributed by atoms with van der Waals surface area (Å²) in [6, 6.07) is 7.01. The molecule has 0 aromatic heterocycles. The molecule has 136 valence electrons. The number of carbonyl (C=O) groups is 3. The van der Waals surface area contributed by atoms with Gasteiger partial charge < -0.3 is 15.3 Å². The average Bonchev–Trinajstić information content (AvgIpc) is 2.89. The van der Waals surface area contributed by atoms with Crippen LogP contribution in [0.2, 0.25) is 0 Å². The van der Waals surface area contributed by atoms with Gasteiger partial charge in [0.2, 0.25) is 11.8 Å². The Morgan fingerprint density at radius 3 is 2.48 bits per heavy atom. The number of likely N-dealkylation sites (tertiary alicyclic amines) is 1. The van der Waals surface area contributed by atoms with E-state index >= 15 is 0 Å². The van der Waals surface area contributed by atoms with Crippen LogP contribution in [0, 0.1) is 18.8 Å². The summed E-state index contributed by atoms with van der Waals surface area (Å²) in [4.78, 5) is 37.5. The van der Waals surface area contributed by atoms with E-state index in [1.165, 1.54) is 0 Å². The number of aliphatic carboxylic acids is 1. The number of nitrogens with one attached hydrogen (secondary N) is 1. The third kappa shape index (κ3) is 5.31. The fraction of sp³-hybridized carbons (Fsp3) is 0.526. The number of carboxylic acid groups (broad SMARTS) is 1. The summed E-state index contributed by atoms with van der Waals surface area (Å²) in [7, 11) is 0. The molecule has 2 N–H and O–H groups in total. The minimum absolute atomic E-state index is 0.0727. The molecule has 6 heteroatoms. The van der Waals surface area contributed by atoms with E-state index in [0.717, 1.165) is 11.1 Å². The topological polar surface area (TPSA) is 86.7 Å². The molecule has 1 unspecified atom stereocenters. The Morgan fingerprint density at radius 2 is 1.92 bits per heavy atom. The zero-order valence-electron chi connectivity index (χ0n) is 15.0. The van der Waals surface area contributed by atoms with Crippen LogP contribution < -0.4 is 5.32 Å². The highest BCUT2D eigenvalue weighted by molar-refractivity contribution is 5.91. The minimum Gasteiger partial charge on any atom is -0.480 e. The zero-order chi connectivity index (χ0) is 18.6. The Balaban J connectivity index is 1.95. The maximum absolute atomic E-state index is 12.4. The third-order valence-electron chi connectivity index (χ3n) is 4.40. The molecule has 0 spiro atoms. The van der Waals surface area contributed by atoms with Gasteiger partial charge in [0.1, 0.15) is 6.04 Å². The lowest BCUT2D eigenvalue weighted by Crippen LogP contribution is -2.44. The van der Waals surface area contributed by atoms with E-state index in [9.17, 15) is 19.5 Å². The standard InChI is InChI=1S/C19H26N2O4/c1-12(2)8-16(19(24)25)20-18(23)15-9-17(22)21(11-15)10-14-6-4-13(3)5-7-14/h4-7,12,15-16H,8-11H2,1-3H3,(H,20,23)(H,24,25)/t15?,16-/m1/s1. The fourth-order valence-electron chi connectivity index (χ4n) is 3.00. The summed E-state index contributed by atoms with van der Waals surface area (Å²) in [5.41, 5.74) is 2.17. The van der Waals surface area contributed by atoms with E-state index in [1.54, 1.807) is 4.90 Å². The molecule has 1 aliphatic heterocycles. The second-order valence-electron chi connectivity index (χ2n) is 7.19. The molecule has 2 atom stereocenters. The van der Waals surface area contributed by atoms with Crippen LogP contribution in [-0.4, -0.2) is 40.4 Å². The molecule has 0 bridgehead atoms. The molecule has 6 nitrogen and oxygen atoms in total. The molecule has 1 aromatic carbocycles. The Hall–Kier alpha value is -2.37. The largest absolute Gasteiger partial charge is 0.480 e. The monoisotopic (exact) mass is 346 g/mol. The molecular weight excluding hydrogens is 320 g/mol. The third-order valence-corrected chi connectivity index (χ3v) is 4.40. The molecule has 1 fully saturated rings. The van der Waals surface area contributed by atoms with Crippen LogP contribution in [0.5, 0.6) is 0 Å². The second-order valence-corrected chi connectivity index (χ2v) is 7.19. The van der Waals surface area contributed by atoms with Crippen LogP contribution in [0.25, 0.3) is 0 Å². The van der Waals surface area contributed by atoms with Crippen LogP contribution in [0.1, 0.15) is 37.8 Å². The van der Waals surface area contributed by atoms with Crippen molar-refractivity contribution in [3.8, 4) is 0 Å². The van der Waals surface area contributed by atoms with Gasteiger partial charge in [-0.15, -0.1) is 0 Å². The second kappa shape index (κ2) is 8.14. The van der Waals surface area contributed by atoms with E-state index in [2.05, 4.69) is 5.32 Å². The molecule has 1 saturated heterocycles. The first-order valence-corrected chi connectivity index (χ1v) is 8.62. The first kappa shape index (κ1) is 19.0. The summed E-state index contributed by atoms with van der Waals surface area (Å²) in [6.45, 7) is 6.61. The molecule has 1 heterocycles.